The van der Waals surface area contributed by atoms with Crippen LogP contribution in [0, 0.1) is 0 Å². The second-order valence-corrected chi connectivity index (χ2v) is 7.49. The van der Waals surface area contributed by atoms with Gasteiger partial charge in [-0.3, -0.25) is 0 Å². The fourth-order valence-electron chi connectivity index (χ4n) is 1.54. The van der Waals surface area contributed by atoms with E-state index >= 15 is 0 Å². The summed E-state index contributed by atoms with van der Waals surface area (Å²) in [5, 5.41) is 5.47. The molecule has 2 N–H and O–H groups in total. The van der Waals surface area contributed by atoms with Crippen LogP contribution in [0.25, 0.3) is 0 Å². The molecule has 0 aliphatic rings. The summed E-state index contributed by atoms with van der Waals surface area (Å²) in [6, 6.07) is 14.6. The first-order valence-electron chi connectivity index (χ1n) is 7.67. The third-order valence-corrected chi connectivity index (χ3v) is 4.06. The number of halogens is 2. The Bertz CT molecular complexity index is 653. The van der Waals surface area contributed by atoms with Crippen LogP contribution in [0.2, 0.25) is 0 Å². The second-order valence-electron chi connectivity index (χ2n) is 5.66. The van der Waals surface area contributed by atoms with Crippen LogP contribution in [0.15, 0.2) is 57.5 Å². The molecule has 0 unspecified atom stereocenters. The maximum absolute atomic E-state index is 11.2. The van der Waals surface area contributed by atoms with E-state index in [9.17, 15) is 9.59 Å². The standard InChI is InChI=1S/2C9H11BrN2O/c2*1-12(2)9(13)11-8-5-3-7(10)4-6-8/h2*3-6H,1-2H3,(H,11,13). The molecule has 0 saturated heterocycles. The number of amides is 4. The van der Waals surface area contributed by atoms with Crippen LogP contribution in [0.1, 0.15) is 0 Å². The Morgan fingerprint density at radius 1 is 0.654 bits per heavy atom. The summed E-state index contributed by atoms with van der Waals surface area (Å²) in [7, 11) is 6.81. The van der Waals surface area contributed by atoms with E-state index in [4.69, 9.17) is 0 Å². The predicted molar refractivity (Wildman–Crippen MR) is 114 cm³/mol. The van der Waals surface area contributed by atoms with E-state index in [0.717, 1.165) is 20.3 Å². The molecule has 8 heteroatoms. The Hall–Kier alpha value is -2.06. The number of nitrogens with one attached hydrogen (secondary N) is 2. The lowest BCUT2D eigenvalue weighted by Crippen LogP contribution is -2.27. The van der Waals surface area contributed by atoms with Gasteiger partial charge in [0.25, 0.3) is 0 Å². The highest BCUT2D eigenvalue weighted by molar-refractivity contribution is 9.10. The van der Waals surface area contributed by atoms with Gasteiger partial charge >= 0.3 is 12.1 Å². The van der Waals surface area contributed by atoms with Gasteiger partial charge in [0.2, 0.25) is 0 Å². The molecule has 0 aromatic heterocycles. The predicted octanol–water partition coefficient (Wildman–Crippen LogP) is 5.09. The number of anilines is 2. The van der Waals surface area contributed by atoms with E-state index in [0.29, 0.717) is 0 Å². The molecule has 2 aromatic carbocycles. The van der Waals surface area contributed by atoms with E-state index < -0.39 is 0 Å². The van der Waals surface area contributed by atoms with Gasteiger partial charge in [0, 0.05) is 48.5 Å². The number of benzene rings is 2. The lowest BCUT2D eigenvalue weighted by Gasteiger charge is -2.11. The van der Waals surface area contributed by atoms with Crippen LogP contribution in [-0.2, 0) is 0 Å². The number of nitrogens with zero attached hydrogens (tertiary/aromatic N) is 2. The average molecular weight is 486 g/mol. The van der Waals surface area contributed by atoms with Crippen LogP contribution in [-0.4, -0.2) is 50.1 Å². The number of carbonyl (C=O) groups is 2. The van der Waals surface area contributed by atoms with Gasteiger partial charge in [-0.25, -0.2) is 9.59 Å². The summed E-state index contributed by atoms with van der Waals surface area (Å²) in [6.07, 6.45) is 0. The van der Waals surface area contributed by atoms with E-state index in [1.54, 1.807) is 28.2 Å². The molecule has 0 spiro atoms. The number of hydrogen-bond donors (Lipinski definition) is 2. The molecule has 4 amide bonds. The topological polar surface area (TPSA) is 64.7 Å². The fraction of sp³-hybridized carbons (Fsp3) is 0.222. The minimum absolute atomic E-state index is 0.123. The molecule has 0 atom stereocenters. The summed E-state index contributed by atoms with van der Waals surface area (Å²) >= 11 is 6.63. The Labute approximate surface area is 170 Å². The quantitative estimate of drug-likeness (QED) is 0.622. The van der Waals surface area contributed by atoms with Crippen molar-refractivity contribution >= 4 is 55.3 Å². The number of urea groups is 2. The smallest absolute Gasteiger partial charge is 0.321 e. The minimum atomic E-state index is -0.123. The van der Waals surface area contributed by atoms with Crippen LogP contribution in [0.3, 0.4) is 0 Å². The van der Waals surface area contributed by atoms with E-state index in [-0.39, 0.29) is 12.1 Å². The number of rotatable bonds is 2. The highest BCUT2D eigenvalue weighted by Gasteiger charge is 2.03. The van der Waals surface area contributed by atoms with Crippen LogP contribution in [0.5, 0.6) is 0 Å². The average Bonchev–Trinajstić information content (AvgIpc) is 2.59. The molecular weight excluding hydrogens is 464 g/mol. The molecule has 0 saturated carbocycles. The van der Waals surface area contributed by atoms with Gasteiger partial charge in [0.05, 0.1) is 0 Å². The van der Waals surface area contributed by atoms with Crippen molar-refractivity contribution in [2.45, 2.75) is 0 Å². The van der Waals surface area contributed by atoms with Gasteiger partial charge < -0.3 is 20.4 Å². The largest absolute Gasteiger partial charge is 0.331 e. The first-order valence-corrected chi connectivity index (χ1v) is 9.25. The molecule has 0 aliphatic heterocycles. The highest BCUT2D eigenvalue weighted by Crippen LogP contribution is 2.15. The van der Waals surface area contributed by atoms with Crippen molar-refractivity contribution in [3.63, 3.8) is 0 Å². The third-order valence-electron chi connectivity index (χ3n) is 3.00. The monoisotopic (exact) mass is 484 g/mol. The number of hydrogen-bond acceptors (Lipinski definition) is 2. The zero-order valence-electron chi connectivity index (χ0n) is 15.1. The first-order chi connectivity index (χ1) is 12.2. The van der Waals surface area contributed by atoms with Crippen molar-refractivity contribution in [2.75, 3.05) is 38.8 Å². The summed E-state index contributed by atoms with van der Waals surface area (Å²) in [5.41, 5.74) is 1.59. The van der Waals surface area contributed by atoms with Gasteiger partial charge in [-0.2, -0.15) is 0 Å². The molecule has 26 heavy (non-hydrogen) atoms. The Kier molecular flexibility index (Phi) is 9.15. The number of carbonyl (C=O) groups excluding carboxylic acids is 2. The molecule has 0 radical (unpaired) electrons. The summed E-state index contributed by atoms with van der Waals surface area (Å²) in [5.74, 6) is 0. The zero-order chi connectivity index (χ0) is 19.7. The highest BCUT2D eigenvalue weighted by atomic mass is 79.9. The molecule has 2 aromatic rings. The third kappa shape index (κ3) is 8.35. The molecule has 6 nitrogen and oxygen atoms in total. The molecule has 0 aliphatic carbocycles. The maximum Gasteiger partial charge on any atom is 0.321 e. The van der Waals surface area contributed by atoms with E-state index in [1.165, 1.54) is 9.80 Å². The van der Waals surface area contributed by atoms with Crippen molar-refractivity contribution in [2.24, 2.45) is 0 Å². The van der Waals surface area contributed by atoms with Crippen molar-refractivity contribution in [3.05, 3.63) is 57.5 Å². The Balaban J connectivity index is 0.000000260. The first kappa shape index (κ1) is 22.0. The summed E-state index contributed by atoms with van der Waals surface area (Å²) in [6.45, 7) is 0. The van der Waals surface area contributed by atoms with Gasteiger partial charge in [-0.1, -0.05) is 31.9 Å². The lowest BCUT2D eigenvalue weighted by molar-refractivity contribution is 0.230. The van der Waals surface area contributed by atoms with Gasteiger partial charge in [-0.05, 0) is 48.5 Å². The second kappa shape index (κ2) is 10.8. The van der Waals surface area contributed by atoms with Gasteiger partial charge in [0.15, 0.2) is 0 Å². The summed E-state index contributed by atoms with van der Waals surface area (Å²) < 4.78 is 1.99. The maximum atomic E-state index is 11.2. The van der Waals surface area contributed by atoms with E-state index in [1.807, 2.05) is 48.5 Å². The molecule has 0 fully saturated rings. The van der Waals surface area contributed by atoms with Crippen molar-refractivity contribution in [1.82, 2.24) is 9.80 Å². The van der Waals surface area contributed by atoms with Crippen LogP contribution >= 0.6 is 31.9 Å². The molecule has 0 heterocycles. The Morgan fingerprint density at radius 2 is 0.923 bits per heavy atom. The van der Waals surface area contributed by atoms with Gasteiger partial charge in [0.1, 0.15) is 0 Å². The van der Waals surface area contributed by atoms with Crippen molar-refractivity contribution in [3.8, 4) is 0 Å². The molecular formula is C18H22Br2N4O2. The van der Waals surface area contributed by atoms with Crippen molar-refractivity contribution in [1.29, 1.82) is 0 Å². The molecule has 2 rings (SSSR count). The van der Waals surface area contributed by atoms with E-state index in [2.05, 4.69) is 42.5 Å². The van der Waals surface area contributed by atoms with Crippen LogP contribution < -0.4 is 10.6 Å². The van der Waals surface area contributed by atoms with Gasteiger partial charge in [-0.15, -0.1) is 0 Å². The SMILES string of the molecule is CN(C)C(=O)Nc1ccc(Br)cc1.CN(C)C(=O)Nc1ccc(Br)cc1. The van der Waals surface area contributed by atoms with Crippen molar-refractivity contribution < 1.29 is 9.59 Å². The zero-order valence-corrected chi connectivity index (χ0v) is 18.3. The fourth-order valence-corrected chi connectivity index (χ4v) is 2.07. The van der Waals surface area contributed by atoms with Crippen LogP contribution in [0.4, 0.5) is 21.0 Å². The minimum Gasteiger partial charge on any atom is -0.331 e. The molecule has 0 bridgehead atoms. The summed E-state index contributed by atoms with van der Waals surface area (Å²) in [4.78, 5) is 25.4. The molecule has 140 valence electrons. The normalized spacial score (nSPS) is 9.46. The lowest BCUT2D eigenvalue weighted by atomic mass is 10.3. The Morgan fingerprint density at radius 3 is 1.15 bits per heavy atom.